The first-order chi connectivity index (χ1) is 16.8. The van der Waals surface area contributed by atoms with Crippen LogP contribution in [0.15, 0.2) is 66.2 Å². The number of hydrogen-bond acceptors (Lipinski definition) is 5. The molecule has 1 aliphatic rings. The summed E-state index contributed by atoms with van der Waals surface area (Å²) < 4.78 is 24.8. The van der Waals surface area contributed by atoms with Crippen LogP contribution in [-0.2, 0) is 9.59 Å². The van der Waals surface area contributed by atoms with Gasteiger partial charge in [0, 0.05) is 16.8 Å². The van der Waals surface area contributed by atoms with Crippen molar-refractivity contribution in [2.24, 2.45) is 0 Å². The third-order valence-corrected chi connectivity index (χ3v) is 6.17. The van der Waals surface area contributed by atoms with Crippen LogP contribution >= 0.6 is 23.2 Å². The molecule has 0 aromatic heterocycles. The van der Waals surface area contributed by atoms with Crippen molar-refractivity contribution in [1.82, 2.24) is 0 Å². The molecular formula is C26H20Cl2FNO5. The number of carbonyl (C=O) groups is 2. The molecule has 0 aliphatic carbocycles. The van der Waals surface area contributed by atoms with Gasteiger partial charge in [-0.3, -0.25) is 14.5 Å². The van der Waals surface area contributed by atoms with Crippen LogP contribution in [0, 0.1) is 5.82 Å². The van der Waals surface area contributed by atoms with Gasteiger partial charge in [-0.05, 0) is 49.4 Å². The SMILES string of the molecule is CCOc1cc(/C(O)=C2\C(=O)C(=O)N(c3ccc(F)c(Cl)c3)C2c2ccccc2OC)ccc1Cl. The molecule has 1 aliphatic heterocycles. The first kappa shape index (κ1) is 24.6. The number of halogens is 3. The fourth-order valence-electron chi connectivity index (χ4n) is 3.99. The number of ether oxygens (including phenoxy) is 2. The van der Waals surface area contributed by atoms with Crippen molar-refractivity contribution in [2.75, 3.05) is 18.6 Å². The maximum atomic E-state index is 13.9. The fraction of sp³-hybridized carbons (Fsp3) is 0.154. The Bertz CT molecular complexity index is 1360. The average molecular weight is 516 g/mol. The number of benzene rings is 3. The van der Waals surface area contributed by atoms with Gasteiger partial charge in [-0.25, -0.2) is 4.39 Å². The first-order valence-electron chi connectivity index (χ1n) is 10.6. The number of carbonyl (C=O) groups excluding carboxylic acids is 2. The predicted octanol–water partition coefficient (Wildman–Crippen LogP) is 6.17. The van der Waals surface area contributed by atoms with Crippen LogP contribution < -0.4 is 14.4 Å². The number of methoxy groups -OCH3 is 1. The molecular weight excluding hydrogens is 496 g/mol. The van der Waals surface area contributed by atoms with Crippen LogP contribution in [0.1, 0.15) is 24.1 Å². The Morgan fingerprint density at radius 3 is 2.46 bits per heavy atom. The van der Waals surface area contributed by atoms with Crippen molar-refractivity contribution in [3.63, 3.8) is 0 Å². The number of hydrogen-bond donors (Lipinski definition) is 1. The van der Waals surface area contributed by atoms with E-state index in [1.165, 1.54) is 37.4 Å². The fourth-order valence-corrected chi connectivity index (χ4v) is 4.34. The summed E-state index contributed by atoms with van der Waals surface area (Å²) in [4.78, 5) is 27.7. The molecule has 1 fully saturated rings. The van der Waals surface area contributed by atoms with Crippen LogP contribution in [0.3, 0.4) is 0 Å². The smallest absolute Gasteiger partial charge is 0.300 e. The van der Waals surface area contributed by atoms with Gasteiger partial charge >= 0.3 is 0 Å². The van der Waals surface area contributed by atoms with Crippen LogP contribution in [0.5, 0.6) is 11.5 Å². The van der Waals surface area contributed by atoms with Crippen molar-refractivity contribution in [1.29, 1.82) is 0 Å². The summed E-state index contributed by atoms with van der Waals surface area (Å²) in [7, 11) is 1.45. The van der Waals surface area contributed by atoms with E-state index in [0.717, 1.165) is 11.0 Å². The summed E-state index contributed by atoms with van der Waals surface area (Å²) >= 11 is 12.1. The van der Waals surface area contributed by atoms with Crippen molar-refractivity contribution in [2.45, 2.75) is 13.0 Å². The van der Waals surface area contributed by atoms with E-state index in [0.29, 0.717) is 28.7 Å². The number of rotatable bonds is 6. The molecule has 0 saturated carbocycles. The summed E-state index contributed by atoms with van der Waals surface area (Å²) in [6, 6.07) is 13.9. The molecule has 35 heavy (non-hydrogen) atoms. The molecule has 9 heteroatoms. The monoisotopic (exact) mass is 515 g/mol. The number of ketones is 1. The molecule has 3 aromatic carbocycles. The van der Waals surface area contributed by atoms with Crippen LogP contribution in [-0.4, -0.2) is 30.5 Å². The molecule has 6 nitrogen and oxygen atoms in total. The third kappa shape index (κ3) is 4.45. The molecule has 0 bridgehead atoms. The van der Waals surface area contributed by atoms with Crippen molar-refractivity contribution in [3.8, 4) is 11.5 Å². The highest BCUT2D eigenvalue weighted by Gasteiger charge is 2.48. The Morgan fingerprint density at radius 1 is 1.03 bits per heavy atom. The predicted molar refractivity (Wildman–Crippen MR) is 132 cm³/mol. The summed E-state index contributed by atoms with van der Waals surface area (Å²) in [6.45, 7) is 2.12. The number of para-hydroxylation sites is 1. The van der Waals surface area contributed by atoms with E-state index in [-0.39, 0.29) is 21.8 Å². The molecule has 180 valence electrons. The Kier molecular flexibility index (Phi) is 7.00. The summed E-state index contributed by atoms with van der Waals surface area (Å²) in [5.41, 5.74) is 0.673. The van der Waals surface area contributed by atoms with Gasteiger partial charge in [0.25, 0.3) is 11.7 Å². The zero-order valence-corrected chi connectivity index (χ0v) is 20.2. The van der Waals surface area contributed by atoms with Gasteiger partial charge in [0.05, 0.1) is 35.4 Å². The molecule has 1 heterocycles. The number of aliphatic hydroxyl groups excluding tert-OH is 1. The van der Waals surface area contributed by atoms with E-state index >= 15 is 0 Å². The van der Waals surface area contributed by atoms with E-state index in [1.807, 2.05) is 0 Å². The number of nitrogens with zero attached hydrogens (tertiary/aromatic N) is 1. The molecule has 0 radical (unpaired) electrons. The van der Waals surface area contributed by atoms with Crippen LogP contribution in [0.2, 0.25) is 10.0 Å². The topological polar surface area (TPSA) is 76.1 Å². The molecule has 3 aromatic rings. The van der Waals surface area contributed by atoms with Crippen molar-refractivity contribution in [3.05, 3.63) is 93.2 Å². The highest BCUT2D eigenvalue weighted by Crippen LogP contribution is 2.45. The first-order valence-corrected chi connectivity index (χ1v) is 11.4. The standard InChI is InChI=1S/C26H20Cl2FNO5/c1-3-35-21-12-14(8-10-17(21)27)24(31)22-23(16-6-4-5-7-20(16)34-2)30(26(33)25(22)32)15-9-11-19(29)18(28)13-15/h4-13,23,31H,3H2,1-2H3/b24-22+. The lowest BCUT2D eigenvalue weighted by molar-refractivity contribution is -0.132. The van der Waals surface area contributed by atoms with Gasteiger partial charge in [0.1, 0.15) is 23.1 Å². The molecule has 0 spiro atoms. The second kappa shape index (κ2) is 9.98. The molecule has 1 saturated heterocycles. The molecule has 4 rings (SSSR count). The molecule has 1 amide bonds. The lowest BCUT2D eigenvalue weighted by atomic mass is 9.94. The second-order valence-corrected chi connectivity index (χ2v) is 8.40. The quantitative estimate of drug-likeness (QED) is 0.241. The summed E-state index contributed by atoms with van der Waals surface area (Å²) in [5, 5.41) is 11.4. The van der Waals surface area contributed by atoms with E-state index < -0.39 is 29.3 Å². The number of anilines is 1. The minimum atomic E-state index is -1.08. The minimum Gasteiger partial charge on any atom is -0.507 e. The van der Waals surface area contributed by atoms with Crippen LogP contribution in [0.4, 0.5) is 10.1 Å². The highest BCUT2D eigenvalue weighted by atomic mass is 35.5. The van der Waals surface area contributed by atoms with Gasteiger partial charge < -0.3 is 14.6 Å². The average Bonchev–Trinajstić information content (AvgIpc) is 3.12. The van der Waals surface area contributed by atoms with E-state index in [4.69, 9.17) is 32.7 Å². The minimum absolute atomic E-state index is 0.176. The van der Waals surface area contributed by atoms with Gasteiger partial charge in [-0.2, -0.15) is 0 Å². The summed E-state index contributed by atoms with van der Waals surface area (Å²) in [5.74, 6) is -2.24. The lowest BCUT2D eigenvalue weighted by Crippen LogP contribution is -2.29. The van der Waals surface area contributed by atoms with Gasteiger partial charge in [0.2, 0.25) is 0 Å². The van der Waals surface area contributed by atoms with Gasteiger partial charge in [-0.1, -0.05) is 41.4 Å². The maximum absolute atomic E-state index is 13.9. The largest absolute Gasteiger partial charge is 0.507 e. The zero-order chi connectivity index (χ0) is 25.3. The number of amides is 1. The number of Topliss-reactive ketones (excluding diaryl/α,β-unsaturated/α-hetero) is 1. The molecule has 1 N–H and O–H groups in total. The van der Waals surface area contributed by atoms with E-state index in [9.17, 15) is 19.1 Å². The second-order valence-electron chi connectivity index (χ2n) is 7.59. The molecule has 1 unspecified atom stereocenters. The lowest BCUT2D eigenvalue weighted by Gasteiger charge is -2.26. The van der Waals surface area contributed by atoms with Crippen molar-refractivity contribution >= 4 is 46.3 Å². The zero-order valence-electron chi connectivity index (χ0n) is 18.7. The number of aliphatic hydroxyl groups is 1. The Labute approximate surface area is 211 Å². The third-order valence-electron chi connectivity index (χ3n) is 5.56. The Morgan fingerprint density at radius 2 is 1.77 bits per heavy atom. The Balaban J connectivity index is 1.98. The highest BCUT2D eigenvalue weighted by molar-refractivity contribution is 6.52. The maximum Gasteiger partial charge on any atom is 0.300 e. The van der Waals surface area contributed by atoms with Gasteiger partial charge in [0.15, 0.2) is 0 Å². The Hall–Kier alpha value is -3.55. The van der Waals surface area contributed by atoms with E-state index in [2.05, 4.69) is 0 Å². The van der Waals surface area contributed by atoms with Crippen LogP contribution in [0.25, 0.3) is 5.76 Å². The van der Waals surface area contributed by atoms with Gasteiger partial charge in [-0.15, -0.1) is 0 Å². The van der Waals surface area contributed by atoms with E-state index in [1.54, 1.807) is 31.2 Å². The molecule has 1 atom stereocenters. The summed E-state index contributed by atoms with van der Waals surface area (Å²) in [6.07, 6.45) is 0. The normalized spacial score (nSPS) is 17.1. The van der Waals surface area contributed by atoms with Crippen molar-refractivity contribution < 1.29 is 28.6 Å².